The number of hydrogen-bond acceptors (Lipinski definition) is 3. The molecule has 0 aromatic rings. The Bertz CT molecular complexity index is 493. The average Bonchev–Trinajstić information content (AvgIpc) is 2.46. The molecule has 1 amide bonds. The molecule has 4 rings (SSSR count). The molecule has 4 bridgehead atoms. The van der Waals surface area contributed by atoms with Gasteiger partial charge in [0, 0.05) is 32.3 Å². The maximum atomic E-state index is 12.8. The number of Topliss-reactive ketones (excluding diaryl/α,β-unsaturated/α-hetero) is 1. The SMILES string of the molecule is CC(C)C(=O)C(=CN(C)C)C(=O)NC1C2CC3CC(C2)CC1C3. The lowest BCUT2D eigenvalue weighted by Gasteiger charge is -2.54. The molecule has 4 saturated carbocycles. The number of carbonyl (C=O) groups excluding carboxylic acids is 2. The topological polar surface area (TPSA) is 49.4 Å². The van der Waals surface area contributed by atoms with Crippen LogP contribution in [0.3, 0.4) is 0 Å². The third-order valence-electron chi connectivity index (χ3n) is 5.95. The van der Waals surface area contributed by atoms with Crippen molar-refractivity contribution in [2.24, 2.45) is 29.6 Å². The van der Waals surface area contributed by atoms with Crippen LogP contribution in [0, 0.1) is 29.6 Å². The summed E-state index contributed by atoms with van der Waals surface area (Å²) in [5.41, 5.74) is 0.304. The molecule has 0 heterocycles. The molecule has 1 N–H and O–H groups in total. The van der Waals surface area contributed by atoms with Gasteiger partial charge in [-0.3, -0.25) is 9.59 Å². The van der Waals surface area contributed by atoms with Crippen LogP contribution in [0.15, 0.2) is 11.8 Å². The van der Waals surface area contributed by atoms with Gasteiger partial charge in [-0.2, -0.15) is 0 Å². The molecule has 23 heavy (non-hydrogen) atoms. The van der Waals surface area contributed by atoms with Gasteiger partial charge in [0.25, 0.3) is 5.91 Å². The lowest BCUT2D eigenvalue weighted by Crippen LogP contribution is -2.56. The van der Waals surface area contributed by atoms with Crippen molar-refractivity contribution < 1.29 is 9.59 Å². The molecule has 4 heteroatoms. The van der Waals surface area contributed by atoms with Crippen molar-refractivity contribution in [3.8, 4) is 0 Å². The average molecular weight is 318 g/mol. The summed E-state index contributed by atoms with van der Waals surface area (Å²) >= 11 is 0. The maximum Gasteiger partial charge on any atom is 0.256 e. The van der Waals surface area contributed by atoms with Crippen molar-refractivity contribution in [1.82, 2.24) is 10.2 Å². The normalized spacial score (nSPS) is 35.5. The molecule has 4 aliphatic rings. The summed E-state index contributed by atoms with van der Waals surface area (Å²) in [4.78, 5) is 27.0. The van der Waals surface area contributed by atoms with E-state index < -0.39 is 0 Å². The smallest absolute Gasteiger partial charge is 0.256 e. The van der Waals surface area contributed by atoms with E-state index in [9.17, 15) is 9.59 Å². The Balaban J connectivity index is 1.73. The van der Waals surface area contributed by atoms with Gasteiger partial charge in [-0.05, 0) is 55.8 Å². The molecule has 128 valence electrons. The first-order valence-corrected chi connectivity index (χ1v) is 9.08. The first kappa shape index (κ1) is 16.5. The van der Waals surface area contributed by atoms with Gasteiger partial charge in [-0.25, -0.2) is 0 Å². The lowest BCUT2D eigenvalue weighted by atomic mass is 9.54. The minimum Gasteiger partial charge on any atom is -0.383 e. The second-order valence-corrected chi connectivity index (χ2v) is 8.46. The van der Waals surface area contributed by atoms with Crippen LogP contribution in [0.2, 0.25) is 0 Å². The third kappa shape index (κ3) is 3.31. The molecule has 0 atom stereocenters. The first-order valence-electron chi connectivity index (χ1n) is 9.08. The zero-order valence-electron chi connectivity index (χ0n) is 14.8. The zero-order chi connectivity index (χ0) is 16.7. The summed E-state index contributed by atoms with van der Waals surface area (Å²) < 4.78 is 0. The standard InChI is InChI=1S/C19H30N2O2/c1-11(2)18(22)16(10-21(3)4)19(23)20-17-14-6-12-5-13(8-14)9-15(17)7-12/h10-15,17H,5-9H2,1-4H3,(H,20,23). The summed E-state index contributed by atoms with van der Waals surface area (Å²) in [7, 11) is 3.70. The predicted molar refractivity (Wildman–Crippen MR) is 90.6 cm³/mol. The van der Waals surface area contributed by atoms with E-state index in [4.69, 9.17) is 0 Å². The largest absolute Gasteiger partial charge is 0.383 e. The number of carbonyl (C=O) groups is 2. The molecule has 0 spiro atoms. The fraction of sp³-hybridized carbons (Fsp3) is 0.789. The number of ketones is 1. The van der Waals surface area contributed by atoms with Crippen LogP contribution in [0.5, 0.6) is 0 Å². The highest BCUT2D eigenvalue weighted by molar-refractivity contribution is 6.19. The van der Waals surface area contributed by atoms with Crippen LogP contribution in [-0.2, 0) is 9.59 Å². The van der Waals surface area contributed by atoms with Crippen molar-refractivity contribution >= 4 is 11.7 Å². The molecule has 0 unspecified atom stereocenters. The van der Waals surface area contributed by atoms with E-state index >= 15 is 0 Å². The molecular weight excluding hydrogens is 288 g/mol. The van der Waals surface area contributed by atoms with Crippen LogP contribution >= 0.6 is 0 Å². The number of amides is 1. The molecule has 4 nitrogen and oxygen atoms in total. The molecule has 0 radical (unpaired) electrons. The van der Waals surface area contributed by atoms with E-state index in [-0.39, 0.29) is 23.7 Å². The third-order valence-corrected chi connectivity index (χ3v) is 5.95. The van der Waals surface area contributed by atoms with Crippen molar-refractivity contribution in [3.63, 3.8) is 0 Å². The Morgan fingerprint density at radius 1 is 1.00 bits per heavy atom. The van der Waals surface area contributed by atoms with Crippen LogP contribution in [0.4, 0.5) is 0 Å². The van der Waals surface area contributed by atoms with Crippen LogP contribution in [0.25, 0.3) is 0 Å². The van der Waals surface area contributed by atoms with Crippen LogP contribution in [-0.4, -0.2) is 36.7 Å². The lowest BCUT2D eigenvalue weighted by molar-refractivity contribution is -0.126. The number of rotatable bonds is 5. The van der Waals surface area contributed by atoms with E-state index in [1.807, 2.05) is 27.9 Å². The highest BCUT2D eigenvalue weighted by Crippen LogP contribution is 2.53. The maximum absolute atomic E-state index is 12.8. The Morgan fingerprint density at radius 2 is 1.52 bits per heavy atom. The molecule has 0 aromatic carbocycles. The molecule has 0 saturated heterocycles. The zero-order valence-corrected chi connectivity index (χ0v) is 14.8. The molecule has 0 aromatic heterocycles. The van der Waals surface area contributed by atoms with Crippen molar-refractivity contribution in [2.45, 2.75) is 52.0 Å². The summed E-state index contributed by atoms with van der Waals surface area (Å²) in [5, 5.41) is 3.25. The van der Waals surface area contributed by atoms with E-state index in [0.29, 0.717) is 17.4 Å². The summed E-state index contributed by atoms with van der Waals surface area (Å²) in [6.45, 7) is 3.70. The fourth-order valence-electron chi connectivity index (χ4n) is 5.19. The van der Waals surface area contributed by atoms with Crippen molar-refractivity contribution in [3.05, 3.63) is 11.8 Å². The fourth-order valence-corrected chi connectivity index (χ4v) is 5.19. The second kappa shape index (κ2) is 6.29. The summed E-state index contributed by atoms with van der Waals surface area (Å²) in [5.74, 6) is 2.63. The first-order chi connectivity index (χ1) is 10.8. The summed E-state index contributed by atoms with van der Waals surface area (Å²) in [6.07, 6.45) is 8.15. The van der Waals surface area contributed by atoms with E-state index in [1.54, 1.807) is 11.1 Å². The quantitative estimate of drug-likeness (QED) is 0.481. The second-order valence-electron chi connectivity index (χ2n) is 8.46. The van der Waals surface area contributed by atoms with E-state index in [0.717, 1.165) is 11.8 Å². The monoisotopic (exact) mass is 318 g/mol. The highest BCUT2D eigenvalue weighted by atomic mass is 16.2. The van der Waals surface area contributed by atoms with Crippen molar-refractivity contribution in [2.75, 3.05) is 14.1 Å². The Morgan fingerprint density at radius 3 is 1.96 bits per heavy atom. The number of hydrogen-bond donors (Lipinski definition) is 1. The molecule has 4 fully saturated rings. The minimum atomic E-state index is -0.171. The van der Waals surface area contributed by atoms with Crippen molar-refractivity contribution in [1.29, 1.82) is 0 Å². The summed E-state index contributed by atoms with van der Waals surface area (Å²) in [6, 6.07) is 0.279. The van der Waals surface area contributed by atoms with Gasteiger partial charge in [0.2, 0.25) is 0 Å². The van der Waals surface area contributed by atoms with Gasteiger partial charge in [0.05, 0.1) is 5.57 Å². The highest BCUT2D eigenvalue weighted by Gasteiger charge is 2.48. The van der Waals surface area contributed by atoms with Gasteiger partial charge in [0.15, 0.2) is 5.78 Å². The Hall–Kier alpha value is -1.32. The van der Waals surface area contributed by atoms with Crippen LogP contribution < -0.4 is 5.32 Å². The van der Waals surface area contributed by atoms with Gasteiger partial charge in [0.1, 0.15) is 0 Å². The van der Waals surface area contributed by atoms with Gasteiger partial charge in [-0.1, -0.05) is 13.8 Å². The number of nitrogens with zero attached hydrogens (tertiary/aromatic N) is 1. The van der Waals surface area contributed by atoms with Gasteiger partial charge in [-0.15, -0.1) is 0 Å². The van der Waals surface area contributed by atoms with Gasteiger partial charge < -0.3 is 10.2 Å². The molecular formula is C19H30N2O2. The van der Waals surface area contributed by atoms with Crippen LogP contribution in [0.1, 0.15) is 46.0 Å². The number of nitrogens with one attached hydrogen (secondary N) is 1. The van der Waals surface area contributed by atoms with Gasteiger partial charge >= 0.3 is 0 Å². The predicted octanol–water partition coefficient (Wildman–Crippen LogP) is 2.60. The Kier molecular flexibility index (Phi) is 4.52. The molecule has 4 aliphatic carbocycles. The van der Waals surface area contributed by atoms with E-state index in [1.165, 1.54) is 32.1 Å². The Labute approximate surface area is 139 Å². The minimum absolute atomic E-state index is 0.0694. The van der Waals surface area contributed by atoms with E-state index in [2.05, 4.69) is 5.32 Å². The molecule has 0 aliphatic heterocycles.